The fourth-order valence-corrected chi connectivity index (χ4v) is 3.61. The molecule has 1 heterocycles. The molecule has 3 aromatic rings. The second-order valence-electron chi connectivity index (χ2n) is 5.23. The maximum Gasteiger partial charge on any atom is 0.0495 e. The third kappa shape index (κ3) is 2.97. The van der Waals surface area contributed by atoms with Crippen LogP contribution in [0.15, 0.2) is 64.5 Å². The van der Waals surface area contributed by atoms with Gasteiger partial charge in [0.1, 0.15) is 0 Å². The topological polar surface area (TPSA) is 4.93 Å². The van der Waals surface area contributed by atoms with E-state index in [-0.39, 0.29) is 0 Å². The average molecular weight is 316 g/mol. The molecule has 0 spiro atoms. The van der Waals surface area contributed by atoms with E-state index in [0.29, 0.717) is 6.04 Å². The molecule has 0 aliphatic carbocycles. The van der Waals surface area contributed by atoms with Gasteiger partial charge in [-0.2, -0.15) is 0 Å². The van der Waals surface area contributed by atoms with Gasteiger partial charge in [-0.15, -0.1) is 0 Å². The molecule has 0 saturated heterocycles. The van der Waals surface area contributed by atoms with Gasteiger partial charge in [0.05, 0.1) is 0 Å². The Morgan fingerprint density at radius 2 is 1.90 bits per heavy atom. The van der Waals surface area contributed by atoms with Gasteiger partial charge < -0.3 is 4.57 Å². The van der Waals surface area contributed by atoms with Crippen molar-refractivity contribution in [1.29, 1.82) is 0 Å². The molecule has 2 aromatic carbocycles. The number of benzene rings is 2. The Labute approximate surface area is 134 Å². The quantitative estimate of drug-likeness (QED) is 0.538. The fraction of sp³-hybridized carbons (Fsp3) is 0.222. The molecule has 0 bridgehead atoms. The molecular weight excluding hydrogens is 298 g/mol. The summed E-state index contributed by atoms with van der Waals surface area (Å²) < 4.78 is 2.36. The molecule has 0 radical (unpaired) electrons. The van der Waals surface area contributed by atoms with E-state index in [1.54, 1.807) is 11.8 Å². The highest BCUT2D eigenvalue weighted by molar-refractivity contribution is 7.99. The minimum Gasteiger partial charge on any atom is -0.344 e. The first-order valence-corrected chi connectivity index (χ1v) is 8.41. The van der Waals surface area contributed by atoms with Crippen LogP contribution in [0.5, 0.6) is 0 Å². The van der Waals surface area contributed by atoms with E-state index in [4.69, 9.17) is 11.6 Å². The smallest absolute Gasteiger partial charge is 0.0495 e. The minimum atomic E-state index is 0.485. The van der Waals surface area contributed by atoms with Crippen molar-refractivity contribution >= 4 is 34.3 Å². The molecular formula is C18H18ClNS. The minimum absolute atomic E-state index is 0.485. The summed E-state index contributed by atoms with van der Waals surface area (Å²) in [4.78, 5) is 2.51. The number of nitrogens with zero attached hydrogens (tertiary/aromatic N) is 1. The van der Waals surface area contributed by atoms with Gasteiger partial charge in [-0.3, -0.25) is 0 Å². The largest absolute Gasteiger partial charge is 0.344 e. The van der Waals surface area contributed by atoms with Crippen LogP contribution in [-0.4, -0.2) is 4.57 Å². The lowest BCUT2D eigenvalue weighted by atomic mass is 10.2. The molecule has 3 heteroatoms. The summed E-state index contributed by atoms with van der Waals surface area (Å²) in [6.07, 6.45) is 3.37. The highest BCUT2D eigenvalue weighted by Crippen LogP contribution is 2.37. The average Bonchev–Trinajstić information content (AvgIpc) is 2.85. The lowest BCUT2D eigenvalue weighted by molar-refractivity contribution is 0.546. The van der Waals surface area contributed by atoms with Crippen molar-refractivity contribution in [3.05, 3.63) is 59.8 Å². The van der Waals surface area contributed by atoms with Crippen LogP contribution < -0.4 is 0 Å². The Kier molecular flexibility index (Phi) is 4.27. The van der Waals surface area contributed by atoms with Crippen LogP contribution >= 0.6 is 23.4 Å². The number of aromatic nitrogens is 1. The molecule has 0 fully saturated rings. The summed E-state index contributed by atoms with van der Waals surface area (Å²) in [5.41, 5.74) is 1.26. The first-order valence-electron chi connectivity index (χ1n) is 7.22. The van der Waals surface area contributed by atoms with Gasteiger partial charge >= 0.3 is 0 Å². The molecule has 0 aliphatic heterocycles. The van der Waals surface area contributed by atoms with E-state index in [1.165, 1.54) is 20.7 Å². The van der Waals surface area contributed by atoms with E-state index in [0.717, 1.165) is 11.4 Å². The summed E-state index contributed by atoms with van der Waals surface area (Å²) in [7, 11) is 0. The predicted octanol–water partition coefficient (Wildman–Crippen LogP) is 6.42. The zero-order chi connectivity index (χ0) is 14.8. The number of fused-ring (bicyclic) bond motifs is 1. The Hall–Kier alpha value is -1.38. The monoisotopic (exact) mass is 315 g/mol. The summed E-state index contributed by atoms with van der Waals surface area (Å²) in [5, 5.41) is 2.02. The van der Waals surface area contributed by atoms with Gasteiger partial charge in [0, 0.05) is 38.0 Å². The standard InChI is InChI=1S/C18H18ClNS/c1-3-13(2)20-12-18(21-15-7-5-4-6-8-15)16-11-14(19)9-10-17(16)20/h4-13H,3H2,1-2H3. The van der Waals surface area contributed by atoms with Crippen molar-refractivity contribution in [1.82, 2.24) is 4.57 Å². The third-order valence-corrected chi connectivity index (χ3v) is 5.08. The SMILES string of the molecule is CCC(C)n1cc(Sc2ccccc2)c2cc(Cl)ccc21. The van der Waals surface area contributed by atoms with Crippen molar-refractivity contribution in [2.45, 2.75) is 36.1 Å². The van der Waals surface area contributed by atoms with Crippen molar-refractivity contribution < 1.29 is 0 Å². The molecule has 0 amide bonds. The van der Waals surface area contributed by atoms with Gasteiger partial charge in [-0.25, -0.2) is 0 Å². The Bertz CT molecular complexity index is 749. The number of hydrogen-bond donors (Lipinski definition) is 0. The molecule has 0 N–H and O–H groups in total. The Balaban J connectivity index is 2.11. The summed E-state index contributed by atoms with van der Waals surface area (Å²) in [5.74, 6) is 0. The van der Waals surface area contributed by atoms with Gasteiger partial charge in [0.25, 0.3) is 0 Å². The van der Waals surface area contributed by atoms with Crippen LogP contribution in [0.1, 0.15) is 26.3 Å². The molecule has 1 unspecified atom stereocenters. The maximum absolute atomic E-state index is 6.20. The summed E-state index contributed by atoms with van der Waals surface area (Å²) >= 11 is 7.99. The molecule has 0 saturated carbocycles. The van der Waals surface area contributed by atoms with Gasteiger partial charge in [0.2, 0.25) is 0 Å². The van der Waals surface area contributed by atoms with Crippen LogP contribution in [0, 0.1) is 0 Å². The highest BCUT2D eigenvalue weighted by Gasteiger charge is 2.13. The van der Waals surface area contributed by atoms with E-state index >= 15 is 0 Å². The second kappa shape index (κ2) is 6.17. The Morgan fingerprint density at radius 3 is 2.62 bits per heavy atom. The van der Waals surface area contributed by atoms with Crippen LogP contribution in [0.2, 0.25) is 5.02 Å². The van der Waals surface area contributed by atoms with Crippen LogP contribution in [0.4, 0.5) is 0 Å². The normalized spacial score (nSPS) is 12.7. The molecule has 21 heavy (non-hydrogen) atoms. The summed E-state index contributed by atoms with van der Waals surface area (Å²) in [6.45, 7) is 4.47. The van der Waals surface area contributed by atoms with E-state index in [2.05, 4.69) is 61.0 Å². The first kappa shape index (κ1) is 14.6. The first-order chi connectivity index (χ1) is 10.2. The Morgan fingerprint density at radius 1 is 1.14 bits per heavy atom. The molecule has 108 valence electrons. The van der Waals surface area contributed by atoms with E-state index < -0.39 is 0 Å². The third-order valence-electron chi connectivity index (χ3n) is 3.80. The predicted molar refractivity (Wildman–Crippen MR) is 92.5 cm³/mol. The molecule has 1 atom stereocenters. The number of rotatable bonds is 4. The molecule has 0 aliphatic rings. The lowest BCUT2D eigenvalue weighted by Gasteiger charge is -2.12. The van der Waals surface area contributed by atoms with Crippen LogP contribution in [0.25, 0.3) is 10.9 Å². The van der Waals surface area contributed by atoms with Crippen LogP contribution in [-0.2, 0) is 0 Å². The van der Waals surface area contributed by atoms with Crippen molar-refractivity contribution in [3.63, 3.8) is 0 Å². The van der Waals surface area contributed by atoms with Crippen molar-refractivity contribution in [2.75, 3.05) is 0 Å². The highest BCUT2D eigenvalue weighted by atomic mass is 35.5. The molecule has 1 nitrogen and oxygen atoms in total. The zero-order valence-electron chi connectivity index (χ0n) is 12.2. The van der Waals surface area contributed by atoms with Crippen molar-refractivity contribution in [3.8, 4) is 0 Å². The fourth-order valence-electron chi connectivity index (χ4n) is 2.45. The van der Waals surface area contributed by atoms with Gasteiger partial charge in [0.15, 0.2) is 0 Å². The number of hydrogen-bond acceptors (Lipinski definition) is 1. The summed E-state index contributed by atoms with van der Waals surface area (Å²) in [6, 6.07) is 17.1. The van der Waals surface area contributed by atoms with Crippen molar-refractivity contribution in [2.24, 2.45) is 0 Å². The lowest BCUT2D eigenvalue weighted by Crippen LogP contribution is -2.01. The van der Waals surface area contributed by atoms with E-state index in [9.17, 15) is 0 Å². The molecule has 1 aromatic heterocycles. The second-order valence-corrected chi connectivity index (χ2v) is 6.79. The van der Waals surface area contributed by atoms with Gasteiger partial charge in [-0.05, 0) is 43.7 Å². The number of halogens is 1. The molecule has 3 rings (SSSR count). The van der Waals surface area contributed by atoms with Gasteiger partial charge in [-0.1, -0.05) is 48.5 Å². The van der Waals surface area contributed by atoms with E-state index in [1.807, 2.05) is 12.1 Å². The zero-order valence-corrected chi connectivity index (χ0v) is 13.8. The van der Waals surface area contributed by atoms with Crippen LogP contribution in [0.3, 0.4) is 0 Å². The maximum atomic E-state index is 6.20.